The predicted octanol–water partition coefficient (Wildman–Crippen LogP) is 2.21. The maximum atomic E-state index is 12.5. The fourth-order valence-electron chi connectivity index (χ4n) is 3.06. The van der Waals surface area contributed by atoms with Gasteiger partial charge in [0.2, 0.25) is 11.8 Å². The van der Waals surface area contributed by atoms with Crippen molar-refractivity contribution in [2.45, 2.75) is 39.7 Å². The molecule has 7 heteroatoms. The van der Waals surface area contributed by atoms with Crippen LogP contribution in [-0.4, -0.2) is 48.4 Å². The number of amides is 4. The average Bonchev–Trinajstić information content (AvgIpc) is 2.66. The van der Waals surface area contributed by atoms with Gasteiger partial charge in [-0.1, -0.05) is 32.0 Å². The minimum atomic E-state index is -0.476. The highest BCUT2D eigenvalue weighted by atomic mass is 16.2. The number of likely N-dealkylation sites (tertiary alicyclic amines) is 1. The second kappa shape index (κ2) is 10.1. The second-order valence-electron chi connectivity index (χ2n) is 7.46. The molecular weight excluding hydrogens is 344 g/mol. The summed E-state index contributed by atoms with van der Waals surface area (Å²) >= 11 is 0. The fraction of sp³-hybridized carbons (Fsp3) is 0.550. The van der Waals surface area contributed by atoms with Gasteiger partial charge in [-0.05, 0) is 44.4 Å². The van der Waals surface area contributed by atoms with Crippen molar-refractivity contribution in [2.24, 2.45) is 11.8 Å². The zero-order chi connectivity index (χ0) is 19.8. The molecule has 3 N–H and O–H groups in total. The summed E-state index contributed by atoms with van der Waals surface area (Å²) in [6, 6.07) is 8.40. The van der Waals surface area contributed by atoms with Gasteiger partial charge in [-0.25, -0.2) is 4.79 Å². The lowest BCUT2D eigenvalue weighted by atomic mass is 9.95. The molecule has 0 aromatic heterocycles. The summed E-state index contributed by atoms with van der Waals surface area (Å²) in [7, 11) is 0. The summed E-state index contributed by atoms with van der Waals surface area (Å²) in [5, 5.41) is 7.99. The molecule has 1 saturated heterocycles. The highest BCUT2D eigenvalue weighted by Gasteiger charge is 2.31. The average molecular weight is 374 g/mol. The second-order valence-corrected chi connectivity index (χ2v) is 7.46. The molecule has 1 aliphatic heterocycles. The number of carbonyl (C=O) groups excluding carboxylic acids is 3. The zero-order valence-corrected chi connectivity index (χ0v) is 16.3. The Morgan fingerprint density at radius 2 is 1.85 bits per heavy atom. The highest BCUT2D eigenvalue weighted by molar-refractivity contribution is 5.97. The first kappa shape index (κ1) is 20.9. The first-order valence-electron chi connectivity index (χ1n) is 9.55. The molecule has 0 bridgehead atoms. The first-order chi connectivity index (χ1) is 12.9. The van der Waals surface area contributed by atoms with Crippen LogP contribution < -0.4 is 16.0 Å². The Morgan fingerprint density at radius 3 is 2.52 bits per heavy atom. The van der Waals surface area contributed by atoms with E-state index in [0.29, 0.717) is 19.0 Å². The molecule has 1 aromatic carbocycles. The number of hydrogen-bond donors (Lipinski definition) is 3. The summed E-state index contributed by atoms with van der Waals surface area (Å²) in [6.45, 7) is 7.48. The van der Waals surface area contributed by atoms with Gasteiger partial charge in [-0.2, -0.15) is 0 Å². The Kier molecular flexibility index (Phi) is 7.79. The van der Waals surface area contributed by atoms with Gasteiger partial charge in [0.05, 0.1) is 12.0 Å². The van der Waals surface area contributed by atoms with Crippen LogP contribution in [0.5, 0.6) is 0 Å². The first-order valence-corrected chi connectivity index (χ1v) is 9.55. The topological polar surface area (TPSA) is 90.5 Å². The fourth-order valence-corrected chi connectivity index (χ4v) is 3.06. The van der Waals surface area contributed by atoms with Gasteiger partial charge in [0.25, 0.3) is 0 Å². The number of anilines is 1. The molecule has 1 heterocycles. The van der Waals surface area contributed by atoms with E-state index in [4.69, 9.17) is 0 Å². The summed E-state index contributed by atoms with van der Waals surface area (Å²) in [6.07, 6.45) is 1.63. The van der Waals surface area contributed by atoms with E-state index < -0.39 is 12.1 Å². The molecule has 27 heavy (non-hydrogen) atoms. The molecule has 2 atom stereocenters. The zero-order valence-electron chi connectivity index (χ0n) is 16.3. The molecule has 148 valence electrons. The van der Waals surface area contributed by atoms with Crippen molar-refractivity contribution in [2.75, 3.05) is 25.0 Å². The van der Waals surface area contributed by atoms with Crippen LogP contribution in [0.1, 0.15) is 33.6 Å². The number of benzene rings is 1. The lowest BCUT2D eigenvalue weighted by molar-refractivity contribution is -0.128. The van der Waals surface area contributed by atoms with E-state index in [0.717, 1.165) is 25.1 Å². The minimum Gasteiger partial charge on any atom is -0.338 e. The van der Waals surface area contributed by atoms with Gasteiger partial charge in [0.15, 0.2) is 0 Å². The van der Waals surface area contributed by atoms with Crippen LogP contribution in [0.3, 0.4) is 0 Å². The standard InChI is InChI=1S/C20H30N4O3/c1-14(2)12-21-20(27)23-18(25)15(3)24-11-7-8-16(13-24)19(26)22-17-9-5-4-6-10-17/h4-6,9-10,14-16H,7-8,11-13H2,1-3H3,(H,22,26)(H2,21,23,25,27). The maximum absolute atomic E-state index is 12.5. The Hall–Kier alpha value is -2.41. The van der Waals surface area contributed by atoms with Gasteiger partial charge < -0.3 is 10.6 Å². The third kappa shape index (κ3) is 6.67. The SMILES string of the molecule is CC(C)CNC(=O)NC(=O)C(C)N1CCCC(C(=O)Nc2ccccc2)C1. The van der Waals surface area contributed by atoms with Gasteiger partial charge in [-0.3, -0.25) is 19.8 Å². The summed E-state index contributed by atoms with van der Waals surface area (Å²) in [5.74, 6) is -0.244. The number of urea groups is 1. The molecule has 2 unspecified atom stereocenters. The Morgan fingerprint density at radius 1 is 1.15 bits per heavy atom. The van der Waals surface area contributed by atoms with E-state index in [2.05, 4.69) is 16.0 Å². The number of hydrogen-bond acceptors (Lipinski definition) is 4. The van der Waals surface area contributed by atoms with Gasteiger partial charge in [-0.15, -0.1) is 0 Å². The van der Waals surface area contributed by atoms with Crippen LogP contribution in [0.25, 0.3) is 0 Å². The van der Waals surface area contributed by atoms with E-state index in [1.165, 1.54) is 0 Å². The number of para-hydroxylation sites is 1. The molecule has 0 radical (unpaired) electrons. The number of imide groups is 1. The van der Waals surface area contributed by atoms with E-state index in [1.807, 2.05) is 49.1 Å². The molecule has 7 nitrogen and oxygen atoms in total. The van der Waals surface area contributed by atoms with Crippen molar-refractivity contribution >= 4 is 23.5 Å². The van der Waals surface area contributed by atoms with Crippen LogP contribution in [-0.2, 0) is 9.59 Å². The Labute approximate surface area is 160 Å². The largest absolute Gasteiger partial charge is 0.338 e. The van der Waals surface area contributed by atoms with E-state index in [9.17, 15) is 14.4 Å². The molecule has 1 aromatic rings. The summed E-state index contributed by atoms with van der Waals surface area (Å²) < 4.78 is 0. The van der Waals surface area contributed by atoms with Crippen molar-refractivity contribution in [3.63, 3.8) is 0 Å². The van der Waals surface area contributed by atoms with Gasteiger partial charge >= 0.3 is 6.03 Å². The van der Waals surface area contributed by atoms with E-state index in [1.54, 1.807) is 6.92 Å². The summed E-state index contributed by atoms with van der Waals surface area (Å²) in [4.78, 5) is 38.6. The van der Waals surface area contributed by atoms with Crippen LogP contribution in [0.15, 0.2) is 30.3 Å². The summed E-state index contributed by atoms with van der Waals surface area (Å²) in [5.41, 5.74) is 0.771. The lowest BCUT2D eigenvalue weighted by Crippen LogP contribution is -2.53. The molecule has 4 amide bonds. The Bertz CT molecular complexity index is 648. The molecule has 0 spiro atoms. The van der Waals surface area contributed by atoms with Crippen LogP contribution in [0.4, 0.5) is 10.5 Å². The van der Waals surface area contributed by atoms with Crippen molar-refractivity contribution < 1.29 is 14.4 Å². The van der Waals surface area contributed by atoms with Gasteiger partial charge in [0, 0.05) is 18.8 Å². The number of rotatable bonds is 6. The number of piperidine rings is 1. The van der Waals surface area contributed by atoms with E-state index in [-0.39, 0.29) is 17.7 Å². The third-order valence-corrected chi connectivity index (χ3v) is 4.70. The minimum absolute atomic E-state index is 0.0341. The number of nitrogens with zero attached hydrogens (tertiary/aromatic N) is 1. The number of nitrogens with one attached hydrogen (secondary N) is 3. The van der Waals surface area contributed by atoms with Crippen LogP contribution in [0.2, 0.25) is 0 Å². The lowest BCUT2D eigenvalue weighted by Gasteiger charge is -2.35. The number of carbonyl (C=O) groups is 3. The smallest absolute Gasteiger partial charge is 0.321 e. The van der Waals surface area contributed by atoms with Crippen molar-refractivity contribution in [1.82, 2.24) is 15.5 Å². The quantitative estimate of drug-likeness (QED) is 0.712. The van der Waals surface area contributed by atoms with Crippen molar-refractivity contribution in [1.29, 1.82) is 0 Å². The normalized spacial score (nSPS) is 18.6. The molecular formula is C20H30N4O3. The van der Waals surface area contributed by atoms with Crippen LogP contribution >= 0.6 is 0 Å². The monoisotopic (exact) mass is 374 g/mol. The molecule has 1 aliphatic rings. The molecule has 1 fully saturated rings. The molecule has 0 saturated carbocycles. The predicted molar refractivity (Wildman–Crippen MR) is 105 cm³/mol. The van der Waals surface area contributed by atoms with Crippen molar-refractivity contribution in [3.05, 3.63) is 30.3 Å². The third-order valence-electron chi connectivity index (χ3n) is 4.70. The van der Waals surface area contributed by atoms with Crippen molar-refractivity contribution in [3.8, 4) is 0 Å². The highest BCUT2D eigenvalue weighted by Crippen LogP contribution is 2.20. The molecule has 0 aliphatic carbocycles. The Balaban J connectivity index is 1.85. The van der Waals surface area contributed by atoms with Crippen LogP contribution in [0, 0.1) is 11.8 Å². The maximum Gasteiger partial charge on any atom is 0.321 e. The van der Waals surface area contributed by atoms with E-state index >= 15 is 0 Å². The van der Waals surface area contributed by atoms with Gasteiger partial charge in [0.1, 0.15) is 0 Å². The molecule has 2 rings (SSSR count).